The fraction of sp³-hybridized carbons (Fsp3) is 0.133. The third-order valence-electron chi connectivity index (χ3n) is 2.74. The minimum Gasteiger partial charge on any atom is -0.497 e. The number of carboxylic acids is 1. The fourth-order valence-corrected chi connectivity index (χ4v) is 1.83. The number of methoxy groups -OCH3 is 1. The third kappa shape index (κ3) is 2.51. The summed E-state index contributed by atoms with van der Waals surface area (Å²) in [5, 5.41) is 9.08. The van der Waals surface area contributed by atoms with Crippen LogP contribution in [0.1, 0.15) is 15.9 Å². The predicted octanol–water partition coefficient (Wildman–Crippen LogP) is 3.37. The number of aryl methyl sites for hydroxylation is 1. The molecule has 2 rings (SSSR count). The average Bonchev–Trinajstić information content (AvgIpc) is 2.38. The first kappa shape index (κ1) is 12.2. The molecule has 0 saturated heterocycles. The van der Waals surface area contributed by atoms with Crippen LogP contribution in [0.15, 0.2) is 42.5 Å². The maximum atomic E-state index is 11.1. The SMILES string of the molecule is COc1cc(C(=O)O)cc(-c2cccc(C)c2)c1. The summed E-state index contributed by atoms with van der Waals surface area (Å²) in [7, 11) is 1.53. The molecule has 0 unspecified atom stereocenters. The lowest BCUT2D eigenvalue weighted by molar-refractivity contribution is 0.0696. The van der Waals surface area contributed by atoms with Gasteiger partial charge in [0.1, 0.15) is 5.75 Å². The summed E-state index contributed by atoms with van der Waals surface area (Å²) in [4.78, 5) is 11.1. The van der Waals surface area contributed by atoms with Gasteiger partial charge in [-0.3, -0.25) is 0 Å². The lowest BCUT2D eigenvalue weighted by Gasteiger charge is -2.08. The zero-order valence-corrected chi connectivity index (χ0v) is 10.3. The Bertz CT molecular complexity index is 588. The molecule has 0 radical (unpaired) electrons. The first-order valence-corrected chi connectivity index (χ1v) is 5.59. The van der Waals surface area contributed by atoms with Crippen molar-refractivity contribution in [3.63, 3.8) is 0 Å². The van der Waals surface area contributed by atoms with Crippen molar-refractivity contribution < 1.29 is 14.6 Å². The Balaban J connectivity index is 2.56. The number of hydrogen-bond donors (Lipinski definition) is 1. The standard InChI is InChI=1S/C15H14O3/c1-10-4-3-5-11(6-10)12-7-13(15(16)17)9-14(8-12)18-2/h3-9H,1-2H3,(H,16,17). The van der Waals surface area contributed by atoms with Crippen molar-refractivity contribution >= 4 is 5.97 Å². The smallest absolute Gasteiger partial charge is 0.335 e. The van der Waals surface area contributed by atoms with E-state index in [1.54, 1.807) is 6.07 Å². The van der Waals surface area contributed by atoms with E-state index in [0.717, 1.165) is 16.7 Å². The molecule has 0 spiro atoms. The van der Waals surface area contributed by atoms with Crippen LogP contribution in [0.5, 0.6) is 5.75 Å². The van der Waals surface area contributed by atoms with Crippen LogP contribution in [0.4, 0.5) is 0 Å². The topological polar surface area (TPSA) is 46.5 Å². The van der Waals surface area contributed by atoms with Gasteiger partial charge in [-0.05, 0) is 36.2 Å². The Morgan fingerprint density at radius 2 is 1.89 bits per heavy atom. The van der Waals surface area contributed by atoms with E-state index in [4.69, 9.17) is 9.84 Å². The van der Waals surface area contributed by atoms with Gasteiger partial charge in [-0.25, -0.2) is 4.79 Å². The van der Waals surface area contributed by atoms with Gasteiger partial charge in [-0.2, -0.15) is 0 Å². The first-order valence-electron chi connectivity index (χ1n) is 5.59. The normalized spacial score (nSPS) is 10.1. The summed E-state index contributed by atoms with van der Waals surface area (Å²) in [6.45, 7) is 2.00. The maximum absolute atomic E-state index is 11.1. The van der Waals surface area contributed by atoms with Gasteiger partial charge in [0, 0.05) is 0 Å². The number of benzene rings is 2. The Morgan fingerprint density at radius 3 is 2.50 bits per heavy atom. The van der Waals surface area contributed by atoms with E-state index >= 15 is 0 Å². The summed E-state index contributed by atoms with van der Waals surface area (Å²) < 4.78 is 5.13. The van der Waals surface area contributed by atoms with Gasteiger partial charge in [0.15, 0.2) is 0 Å². The third-order valence-corrected chi connectivity index (χ3v) is 2.74. The summed E-state index contributed by atoms with van der Waals surface area (Å²) in [5.74, 6) is -0.408. The summed E-state index contributed by atoms with van der Waals surface area (Å²) in [5.41, 5.74) is 3.19. The van der Waals surface area contributed by atoms with Crippen LogP contribution in [0.3, 0.4) is 0 Å². The van der Waals surface area contributed by atoms with Crippen LogP contribution in [0, 0.1) is 6.92 Å². The van der Waals surface area contributed by atoms with Gasteiger partial charge in [0.25, 0.3) is 0 Å². The average molecular weight is 242 g/mol. The molecule has 0 amide bonds. The van der Waals surface area contributed by atoms with E-state index in [9.17, 15) is 4.79 Å². The molecule has 3 nitrogen and oxygen atoms in total. The molecule has 2 aromatic carbocycles. The van der Waals surface area contributed by atoms with Gasteiger partial charge in [0.2, 0.25) is 0 Å². The van der Waals surface area contributed by atoms with Gasteiger partial charge >= 0.3 is 5.97 Å². The van der Waals surface area contributed by atoms with E-state index in [0.29, 0.717) is 5.75 Å². The second kappa shape index (κ2) is 4.92. The molecule has 0 atom stereocenters. The number of rotatable bonds is 3. The van der Waals surface area contributed by atoms with Crippen molar-refractivity contribution in [3.05, 3.63) is 53.6 Å². The molecule has 0 aromatic heterocycles. The first-order chi connectivity index (χ1) is 8.60. The lowest BCUT2D eigenvalue weighted by Crippen LogP contribution is -1.97. The van der Waals surface area contributed by atoms with Crippen molar-refractivity contribution in [2.24, 2.45) is 0 Å². The number of ether oxygens (including phenoxy) is 1. The van der Waals surface area contributed by atoms with Crippen LogP contribution >= 0.6 is 0 Å². The highest BCUT2D eigenvalue weighted by Crippen LogP contribution is 2.26. The zero-order valence-electron chi connectivity index (χ0n) is 10.3. The highest BCUT2D eigenvalue weighted by molar-refractivity contribution is 5.90. The summed E-state index contributed by atoms with van der Waals surface area (Å²) >= 11 is 0. The van der Waals surface area contributed by atoms with Crippen molar-refractivity contribution in [2.45, 2.75) is 6.92 Å². The van der Waals surface area contributed by atoms with Crippen LogP contribution in [0.2, 0.25) is 0 Å². The molecule has 0 heterocycles. The van der Waals surface area contributed by atoms with Gasteiger partial charge in [-0.15, -0.1) is 0 Å². The molecule has 92 valence electrons. The van der Waals surface area contributed by atoms with E-state index in [2.05, 4.69) is 0 Å². The number of carboxylic acid groups (broad SMARTS) is 1. The molecule has 2 aromatic rings. The van der Waals surface area contributed by atoms with E-state index in [-0.39, 0.29) is 5.56 Å². The Morgan fingerprint density at radius 1 is 1.11 bits per heavy atom. The second-order valence-corrected chi connectivity index (χ2v) is 4.12. The van der Waals surface area contributed by atoms with Crippen molar-refractivity contribution in [3.8, 4) is 16.9 Å². The van der Waals surface area contributed by atoms with Crippen molar-refractivity contribution in [1.82, 2.24) is 0 Å². The molecular weight excluding hydrogens is 228 g/mol. The maximum Gasteiger partial charge on any atom is 0.335 e. The van der Waals surface area contributed by atoms with E-state index < -0.39 is 5.97 Å². The molecule has 0 aliphatic carbocycles. The molecule has 18 heavy (non-hydrogen) atoms. The number of aromatic carboxylic acids is 1. The second-order valence-electron chi connectivity index (χ2n) is 4.12. The summed E-state index contributed by atoms with van der Waals surface area (Å²) in [6, 6.07) is 12.9. The number of carbonyl (C=O) groups is 1. The Kier molecular flexibility index (Phi) is 3.33. The quantitative estimate of drug-likeness (QED) is 0.897. The van der Waals surface area contributed by atoms with Crippen LogP contribution in [-0.4, -0.2) is 18.2 Å². The van der Waals surface area contributed by atoms with E-state index in [1.165, 1.54) is 13.2 Å². The minimum absolute atomic E-state index is 0.228. The molecule has 0 saturated carbocycles. The van der Waals surface area contributed by atoms with Crippen LogP contribution in [0.25, 0.3) is 11.1 Å². The van der Waals surface area contributed by atoms with Gasteiger partial charge < -0.3 is 9.84 Å². The monoisotopic (exact) mass is 242 g/mol. The van der Waals surface area contributed by atoms with Crippen molar-refractivity contribution in [2.75, 3.05) is 7.11 Å². The van der Waals surface area contributed by atoms with Crippen molar-refractivity contribution in [1.29, 1.82) is 0 Å². The number of hydrogen-bond acceptors (Lipinski definition) is 2. The molecule has 0 aliphatic rings. The molecule has 3 heteroatoms. The largest absolute Gasteiger partial charge is 0.497 e. The Labute approximate surface area is 106 Å². The summed E-state index contributed by atoms with van der Waals surface area (Å²) in [6.07, 6.45) is 0. The molecule has 0 aliphatic heterocycles. The molecule has 0 bridgehead atoms. The van der Waals surface area contributed by atoms with Crippen LogP contribution in [-0.2, 0) is 0 Å². The van der Waals surface area contributed by atoms with Gasteiger partial charge in [-0.1, -0.05) is 29.8 Å². The highest BCUT2D eigenvalue weighted by atomic mass is 16.5. The zero-order chi connectivity index (χ0) is 13.1. The van der Waals surface area contributed by atoms with Crippen LogP contribution < -0.4 is 4.74 Å². The molecule has 1 N–H and O–H groups in total. The lowest BCUT2D eigenvalue weighted by atomic mass is 10.0. The predicted molar refractivity (Wildman–Crippen MR) is 70.1 cm³/mol. The Hall–Kier alpha value is -2.29. The molecule has 0 fully saturated rings. The van der Waals surface area contributed by atoms with E-state index in [1.807, 2.05) is 37.3 Å². The van der Waals surface area contributed by atoms with Gasteiger partial charge in [0.05, 0.1) is 12.7 Å². The highest BCUT2D eigenvalue weighted by Gasteiger charge is 2.08. The molecular formula is C15H14O3. The minimum atomic E-state index is -0.956. The fourth-order valence-electron chi connectivity index (χ4n) is 1.83.